The molecule has 1 aromatic carbocycles. The number of hydrogen-bond acceptors (Lipinski definition) is 4. The Balaban J connectivity index is 1.66. The fourth-order valence-corrected chi connectivity index (χ4v) is 2.30. The maximum Gasteiger partial charge on any atom is 0.213 e. The zero-order chi connectivity index (χ0) is 16.5. The van der Waals surface area contributed by atoms with E-state index in [2.05, 4.69) is 39.7 Å². The zero-order valence-electron chi connectivity index (χ0n) is 13.5. The molecule has 1 aromatic heterocycles. The molecule has 0 bridgehead atoms. The molecule has 122 valence electrons. The molecular weight excluding hydrogens is 308 g/mol. The summed E-state index contributed by atoms with van der Waals surface area (Å²) in [7, 11) is 3.68. The van der Waals surface area contributed by atoms with Crippen molar-refractivity contribution in [3.63, 3.8) is 0 Å². The Morgan fingerprint density at radius 3 is 2.65 bits per heavy atom. The molecule has 0 amide bonds. The number of pyridine rings is 1. The third-order valence-electron chi connectivity index (χ3n) is 3.36. The van der Waals surface area contributed by atoms with E-state index in [4.69, 9.17) is 17.0 Å². The number of methoxy groups -OCH3 is 1. The van der Waals surface area contributed by atoms with E-state index in [9.17, 15) is 0 Å². The Hall–Kier alpha value is -2.34. The van der Waals surface area contributed by atoms with E-state index in [1.807, 2.05) is 24.3 Å². The Morgan fingerprint density at radius 2 is 2.00 bits per heavy atom. The van der Waals surface area contributed by atoms with E-state index in [0.717, 1.165) is 25.2 Å². The van der Waals surface area contributed by atoms with E-state index in [1.165, 1.54) is 5.69 Å². The minimum Gasteiger partial charge on any atom is -0.481 e. The van der Waals surface area contributed by atoms with Crippen LogP contribution >= 0.6 is 12.2 Å². The second-order valence-electron chi connectivity index (χ2n) is 5.08. The van der Waals surface area contributed by atoms with Gasteiger partial charge < -0.3 is 20.3 Å². The smallest absolute Gasteiger partial charge is 0.213 e. The minimum atomic E-state index is 0.582. The molecule has 0 fully saturated rings. The van der Waals surface area contributed by atoms with Gasteiger partial charge in [0.15, 0.2) is 5.11 Å². The second kappa shape index (κ2) is 8.95. The highest BCUT2D eigenvalue weighted by Crippen LogP contribution is 2.11. The number of thiocarbonyl (C=S) groups is 1. The van der Waals surface area contributed by atoms with E-state index in [1.54, 1.807) is 19.4 Å². The molecule has 2 N–H and O–H groups in total. The van der Waals surface area contributed by atoms with Crippen molar-refractivity contribution < 1.29 is 4.74 Å². The van der Waals surface area contributed by atoms with Crippen molar-refractivity contribution in [3.05, 3.63) is 48.7 Å². The van der Waals surface area contributed by atoms with Crippen LogP contribution in [-0.2, 0) is 0 Å². The van der Waals surface area contributed by atoms with Gasteiger partial charge in [-0.25, -0.2) is 4.98 Å². The van der Waals surface area contributed by atoms with Crippen molar-refractivity contribution in [2.24, 2.45) is 0 Å². The zero-order valence-corrected chi connectivity index (χ0v) is 14.3. The summed E-state index contributed by atoms with van der Waals surface area (Å²) in [5.41, 5.74) is 2.06. The van der Waals surface area contributed by atoms with Crippen LogP contribution in [0.4, 0.5) is 11.4 Å². The number of para-hydroxylation sites is 1. The van der Waals surface area contributed by atoms with Crippen molar-refractivity contribution in [2.45, 2.75) is 6.42 Å². The topological polar surface area (TPSA) is 49.4 Å². The molecule has 0 radical (unpaired) electrons. The third kappa shape index (κ3) is 5.75. The number of ether oxygens (including phenoxy) is 1. The van der Waals surface area contributed by atoms with E-state index < -0.39 is 0 Å². The number of hydrogen-bond donors (Lipinski definition) is 2. The number of rotatable bonds is 7. The molecule has 0 aliphatic rings. The number of benzene rings is 1. The normalized spacial score (nSPS) is 10.0. The fourth-order valence-electron chi connectivity index (χ4n) is 2.08. The van der Waals surface area contributed by atoms with Crippen molar-refractivity contribution in [3.8, 4) is 5.88 Å². The van der Waals surface area contributed by atoms with Crippen molar-refractivity contribution in [2.75, 3.05) is 37.5 Å². The van der Waals surface area contributed by atoms with E-state index in [-0.39, 0.29) is 0 Å². The van der Waals surface area contributed by atoms with Crippen LogP contribution in [0.3, 0.4) is 0 Å². The van der Waals surface area contributed by atoms with Crippen LogP contribution in [0, 0.1) is 0 Å². The lowest BCUT2D eigenvalue weighted by Crippen LogP contribution is -2.31. The van der Waals surface area contributed by atoms with E-state index in [0.29, 0.717) is 11.0 Å². The van der Waals surface area contributed by atoms with Crippen LogP contribution in [0.2, 0.25) is 0 Å². The number of aromatic nitrogens is 1. The van der Waals surface area contributed by atoms with Crippen LogP contribution in [-0.4, -0.2) is 37.3 Å². The third-order valence-corrected chi connectivity index (χ3v) is 3.60. The van der Waals surface area contributed by atoms with Crippen molar-refractivity contribution in [1.29, 1.82) is 0 Å². The van der Waals surface area contributed by atoms with Gasteiger partial charge in [0.05, 0.1) is 19.0 Å². The molecule has 0 unspecified atom stereocenters. The molecule has 0 saturated carbocycles. The first-order valence-corrected chi connectivity index (χ1v) is 7.91. The lowest BCUT2D eigenvalue weighted by Gasteiger charge is -2.19. The average Bonchev–Trinajstić information content (AvgIpc) is 2.60. The molecule has 2 rings (SSSR count). The highest BCUT2D eigenvalue weighted by molar-refractivity contribution is 7.80. The van der Waals surface area contributed by atoms with Gasteiger partial charge in [-0.2, -0.15) is 0 Å². The first kappa shape index (κ1) is 17.0. The van der Waals surface area contributed by atoms with Gasteiger partial charge in [0, 0.05) is 31.9 Å². The lowest BCUT2D eigenvalue weighted by molar-refractivity contribution is 0.398. The highest BCUT2D eigenvalue weighted by atomic mass is 32.1. The van der Waals surface area contributed by atoms with Gasteiger partial charge in [-0.3, -0.25) is 0 Å². The molecule has 6 heteroatoms. The molecule has 0 aliphatic carbocycles. The molecule has 1 heterocycles. The quantitative estimate of drug-likeness (QED) is 0.601. The van der Waals surface area contributed by atoms with Crippen molar-refractivity contribution >= 4 is 28.7 Å². The summed E-state index contributed by atoms with van der Waals surface area (Å²) in [5.74, 6) is 0.582. The molecule has 23 heavy (non-hydrogen) atoms. The van der Waals surface area contributed by atoms with Gasteiger partial charge in [-0.15, -0.1) is 0 Å². The monoisotopic (exact) mass is 330 g/mol. The number of nitrogens with one attached hydrogen (secondary N) is 2. The van der Waals surface area contributed by atoms with Gasteiger partial charge in [-0.05, 0) is 36.8 Å². The predicted octanol–water partition coefficient (Wildman–Crippen LogP) is 2.90. The summed E-state index contributed by atoms with van der Waals surface area (Å²) in [6, 6.07) is 14.0. The van der Waals surface area contributed by atoms with E-state index >= 15 is 0 Å². The Bertz CT molecular complexity index is 604. The van der Waals surface area contributed by atoms with Gasteiger partial charge >= 0.3 is 0 Å². The first-order valence-electron chi connectivity index (χ1n) is 7.50. The van der Waals surface area contributed by atoms with Crippen LogP contribution in [0.25, 0.3) is 0 Å². The summed E-state index contributed by atoms with van der Waals surface area (Å²) in [4.78, 5) is 6.35. The molecule has 0 aliphatic heterocycles. The Labute approximate surface area is 142 Å². The van der Waals surface area contributed by atoms with Gasteiger partial charge in [0.1, 0.15) is 0 Å². The molecular formula is C17H22N4OS. The maximum atomic E-state index is 5.27. The molecule has 0 spiro atoms. The summed E-state index contributed by atoms with van der Waals surface area (Å²) in [6.45, 7) is 1.77. The summed E-state index contributed by atoms with van der Waals surface area (Å²) in [6.07, 6.45) is 2.68. The molecule has 5 nitrogen and oxygen atoms in total. The van der Waals surface area contributed by atoms with Gasteiger partial charge in [0.25, 0.3) is 0 Å². The lowest BCUT2D eigenvalue weighted by atomic mass is 10.3. The Morgan fingerprint density at radius 1 is 1.22 bits per heavy atom. The molecule has 0 atom stereocenters. The summed E-state index contributed by atoms with van der Waals surface area (Å²) < 4.78 is 5.02. The standard InChI is InChI=1S/C17H22N4OS/c1-21(15-7-4-3-5-8-15)12-6-11-18-17(23)20-14-9-10-16(22-2)19-13-14/h3-5,7-10,13H,6,11-12H2,1-2H3,(H2,18,20,23). The second-order valence-corrected chi connectivity index (χ2v) is 5.49. The average molecular weight is 330 g/mol. The maximum absolute atomic E-state index is 5.27. The largest absolute Gasteiger partial charge is 0.481 e. The Kier molecular flexibility index (Phi) is 6.62. The summed E-state index contributed by atoms with van der Waals surface area (Å²) in [5, 5.41) is 6.90. The number of nitrogens with zero attached hydrogens (tertiary/aromatic N) is 2. The predicted molar refractivity (Wildman–Crippen MR) is 99.3 cm³/mol. The molecule has 2 aromatic rings. The first-order chi connectivity index (χ1) is 11.2. The van der Waals surface area contributed by atoms with Crippen LogP contribution in [0.1, 0.15) is 6.42 Å². The SMILES string of the molecule is COc1ccc(NC(=S)NCCCN(C)c2ccccc2)cn1. The van der Waals surface area contributed by atoms with Crippen LogP contribution in [0.5, 0.6) is 5.88 Å². The fraction of sp³-hybridized carbons (Fsp3) is 0.294. The minimum absolute atomic E-state index is 0.582. The van der Waals surface area contributed by atoms with Crippen LogP contribution in [0.15, 0.2) is 48.7 Å². The van der Waals surface area contributed by atoms with Crippen molar-refractivity contribution in [1.82, 2.24) is 10.3 Å². The van der Waals surface area contributed by atoms with Gasteiger partial charge in [-0.1, -0.05) is 18.2 Å². The summed E-state index contributed by atoms with van der Waals surface area (Å²) >= 11 is 5.27. The van der Waals surface area contributed by atoms with Gasteiger partial charge in [0.2, 0.25) is 5.88 Å². The van der Waals surface area contributed by atoms with Crippen LogP contribution < -0.4 is 20.3 Å². The highest BCUT2D eigenvalue weighted by Gasteiger charge is 2.01. The molecule has 0 saturated heterocycles. The number of anilines is 2.